The molecule has 100 valence electrons. The Labute approximate surface area is 111 Å². The van der Waals surface area contributed by atoms with Crippen LogP contribution in [0.25, 0.3) is 0 Å². The molecule has 1 aromatic rings. The summed E-state index contributed by atoms with van der Waals surface area (Å²) in [4.78, 5) is 26.1. The number of nitrogens with zero attached hydrogens (tertiary/aromatic N) is 1. The number of rotatable bonds is 5. The van der Waals surface area contributed by atoms with Gasteiger partial charge in [-0.2, -0.15) is 0 Å². The van der Waals surface area contributed by atoms with Crippen LogP contribution in [0.15, 0.2) is 18.5 Å². The van der Waals surface area contributed by atoms with Gasteiger partial charge in [-0.1, -0.05) is 19.3 Å². The molecular formula is C13H15N3O3. The van der Waals surface area contributed by atoms with E-state index in [0.717, 1.165) is 6.42 Å². The van der Waals surface area contributed by atoms with Crippen LogP contribution in [0.2, 0.25) is 0 Å². The third-order valence-corrected chi connectivity index (χ3v) is 2.33. The van der Waals surface area contributed by atoms with Gasteiger partial charge in [0, 0.05) is 6.20 Å². The molecule has 0 fully saturated rings. The number of anilines is 1. The quantitative estimate of drug-likeness (QED) is 0.703. The number of urea groups is 1. The van der Waals surface area contributed by atoms with E-state index in [1.807, 2.05) is 6.92 Å². The largest absolute Gasteiger partial charge is 0.478 e. The molecule has 1 rings (SSSR count). The van der Waals surface area contributed by atoms with E-state index in [4.69, 9.17) is 11.5 Å². The first-order valence-electron chi connectivity index (χ1n) is 5.78. The molecule has 0 spiro atoms. The second kappa shape index (κ2) is 7.01. The lowest BCUT2D eigenvalue weighted by Crippen LogP contribution is -2.37. The molecule has 3 N–H and O–H groups in total. The summed E-state index contributed by atoms with van der Waals surface area (Å²) in [7, 11) is 0. The number of amides is 2. The summed E-state index contributed by atoms with van der Waals surface area (Å²) in [5.41, 5.74) is 0.296. The summed E-state index contributed by atoms with van der Waals surface area (Å²) in [6.07, 6.45) is 9.37. The minimum absolute atomic E-state index is 0.000131. The Bertz CT molecular complexity index is 508. The lowest BCUT2D eigenvalue weighted by Gasteiger charge is -2.12. The van der Waals surface area contributed by atoms with E-state index in [-0.39, 0.29) is 11.6 Å². The number of aromatic nitrogens is 1. The second-order valence-electron chi connectivity index (χ2n) is 3.87. The predicted octanol–water partition coefficient (Wildman–Crippen LogP) is 1.70. The van der Waals surface area contributed by atoms with E-state index in [1.165, 1.54) is 18.5 Å². The topological polar surface area (TPSA) is 91.3 Å². The fourth-order valence-electron chi connectivity index (χ4n) is 1.44. The summed E-state index contributed by atoms with van der Waals surface area (Å²) in [6, 6.07) is 0.487. The Kier molecular flexibility index (Phi) is 5.35. The number of carboxylic acids is 1. The maximum absolute atomic E-state index is 11.6. The highest BCUT2D eigenvalue weighted by atomic mass is 16.4. The van der Waals surface area contributed by atoms with Gasteiger partial charge in [0.15, 0.2) is 0 Å². The first-order chi connectivity index (χ1) is 9.06. The van der Waals surface area contributed by atoms with Gasteiger partial charge in [0.25, 0.3) is 0 Å². The maximum atomic E-state index is 11.6. The van der Waals surface area contributed by atoms with Crippen LogP contribution in [0.3, 0.4) is 0 Å². The Hall–Kier alpha value is -2.55. The molecule has 19 heavy (non-hydrogen) atoms. The molecule has 1 unspecified atom stereocenters. The molecule has 2 amide bonds. The molecule has 0 saturated carbocycles. The van der Waals surface area contributed by atoms with Crippen molar-refractivity contribution in [3.63, 3.8) is 0 Å². The lowest BCUT2D eigenvalue weighted by molar-refractivity contribution is 0.0696. The van der Waals surface area contributed by atoms with E-state index in [2.05, 4.69) is 21.5 Å². The van der Waals surface area contributed by atoms with Gasteiger partial charge in [-0.05, 0) is 12.5 Å². The molecule has 0 aliphatic rings. The van der Waals surface area contributed by atoms with Crippen LogP contribution < -0.4 is 10.6 Å². The molecule has 1 atom stereocenters. The van der Waals surface area contributed by atoms with E-state index >= 15 is 0 Å². The van der Waals surface area contributed by atoms with E-state index < -0.39 is 12.0 Å². The van der Waals surface area contributed by atoms with Gasteiger partial charge in [-0.25, -0.2) is 9.59 Å². The zero-order chi connectivity index (χ0) is 14.3. The Balaban J connectivity index is 2.64. The van der Waals surface area contributed by atoms with Gasteiger partial charge < -0.3 is 15.7 Å². The minimum atomic E-state index is -1.11. The Morgan fingerprint density at radius 1 is 1.53 bits per heavy atom. The van der Waals surface area contributed by atoms with Gasteiger partial charge in [-0.3, -0.25) is 4.98 Å². The molecule has 0 aliphatic heterocycles. The fourth-order valence-corrected chi connectivity index (χ4v) is 1.44. The summed E-state index contributed by atoms with van der Waals surface area (Å²) >= 11 is 0. The summed E-state index contributed by atoms with van der Waals surface area (Å²) in [5, 5.41) is 13.9. The van der Waals surface area contributed by atoms with Gasteiger partial charge >= 0.3 is 12.0 Å². The number of aromatic carboxylic acids is 1. The van der Waals surface area contributed by atoms with Crippen LogP contribution >= 0.6 is 0 Å². The molecule has 0 aromatic carbocycles. The highest BCUT2D eigenvalue weighted by molar-refractivity contribution is 5.92. The van der Waals surface area contributed by atoms with Crippen LogP contribution in [0, 0.1) is 12.3 Å². The smallest absolute Gasteiger partial charge is 0.337 e. The first-order valence-corrected chi connectivity index (χ1v) is 5.78. The third kappa shape index (κ3) is 4.68. The average molecular weight is 261 g/mol. The Morgan fingerprint density at radius 2 is 2.26 bits per heavy atom. The zero-order valence-electron chi connectivity index (χ0n) is 10.5. The highest BCUT2D eigenvalue weighted by Crippen LogP contribution is 2.08. The number of hydrogen-bond donors (Lipinski definition) is 3. The number of carbonyl (C=O) groups excluding carboxylic acids is 1. The lowest BCUT2D eigenvalue weighted by atomic mass is 10.2. The number of terminal acetylenes is 1. The first kappa shape index (κ1) is 14.5. The Morgan fingerprint density at radius 3 is 2.84 bits per heavy atom. The molecule has 0 aliphatic carbocycles. The van der Waals surface area contributed by atoms with Crippen molar-refractivity contribution in [1.29, 1.82) is 0 Å². The normalized spacial score (nSPS) is 11.2. The minimum Gasteiger partial charge on any atom is -0.478 e. The third-order valence-electron chi connectivity index (χ3n) is 2.33. The van der Waals surface area contributed by atoms with Crippen molar-refractivity contribution in [1.82, 2.24) is 10.3 Å². The van der Waals surface area contributed by atoms with Crippen LogP contribution in [0.1, 0.15) is 30.1 Å². The predicted molar refractivity (Wildman–Crippen MR) is 70.9 cm³/mol. The van der Waals surface area contributed by atoms with Crippen molar-refractivity contribution >= 4 is 17.7 Å². The fraction of sp³-hybridized carbons (Fsp3) is 0.308. The molecule has 1 aromatic heterocycles. The van der Waals surface area contributed by atoms with Gasteiger partial charge in [-0.15, -0.1) is 6.42 Å². The van der Waals surface area contributed by atoms with Crippen molar-refractivity contribution in [2.24, 2.45) is 0 Å². The van der Waals surface area contributed by atoms with Crippen molar-refractivity contribution in [2.75, 3.05) is 5.32 Å². The molecule has 0 saturated heterocycles. The van der Waals surface area contributed by atoms with Crippen LogP contribution in [-0.2, 0) is 0 Å². The summed E-state index contributed by atoms with van der Waals surface area (Å²) in [5.74, 6) is 1.36. The molecule has 6 heteroatoms. The van der Waals surface area contributed by atoms with Gasteiger partial charge in [0.1, 0.15) is 0 Å². The van der Waals surface area contributed by atoms with Crippen molar-refractivity contribution in [3.8, 4) is 12.3 Å². The average Bonchev–Trinajstić information content (AvgIpc) is 2.38. The molecular weight excluding hydrogens is 246 g/mol. The second-order valence-corrected chi connectivity index (χ2v) is 3.87. The number of pyridine rings is 1. The summed E-state index contributed by atoms with van der Waals surface area (Å²) in [6.45, 7) is 1.96. The molecule has 0 bridgehead atoms. The zero-order valence-corrected chi connectivity index (χ0v) is 10.5. The molecule has 6 nitrogen and oxygen atoms in total. The van der Waals surface area contributed by atoms with Crippen molar-refractivity contribution in [2.45, 2.75) is 25.8 Å². The highest BCUT2D eigenvalue weighted by Gasteiger charge is 2.10. The van der Waals surface area contributed by atoms with Crippen LogP contribution in [0.5, 0.6) is 0 Å². The van der Waals surface area contributed by atoms with Crippen molar-refractivity contribution < 1.29 is 14.7 Å². The summed E-state index contributed by atoms with van der Waals surface area (Å²) < 4.78 is 0. The molecule has 0 radical (unpaired) electrons. The SMILES string of the molecule is C#CC(CCC)NC(=O)Nc1cncc(C(=O)O)c1. The van der Waals surface area contributed by atoms with Crippen molar-refractivity contribution in [3.05, 3.63) is 24.0 Å². The van der Waals surface area contributed by atoms with E-state index in [0.29, 0.717) is 12.1 Å². The number of carbonyl (C=O) groups is 2. The van der Waals surface area contributed by atoms with Gasteiger partial charge in [0.05, 0.1) is 23.5 Å². The monoisotopic (exact) mass is 261 g/mol. The van der Waals surface area contributed by atoms with E-state index in [9.17, 15) is 9.59 Å². The van der Waals surface area contributed by atoms with Gasteiger partial charge in [0.2, 0.25) is 0 Å². The number of carboxylic acid groups (broad SMARTS) is 1. The van der Waals surface area contributed by atoms with E-state index in [1.54, 1.807) is 0 Å². The standard InChI is InChI=1S/C13H15N3O3/c1-3-5-10(4-2)15-13(19)16-11-6-9(12(17)18)7-14-8-11/h2,6-8,10H,3,5H2,1H3,(H,17,18)(H2,15,16,19). The van der Waals surface area contributed by atoms with Crippen LogP contribution in [-0.4, -0.2) is 28.1 Å². The maximum Gasteiger partial charge on any atom is 0.337 e. The number of nitrogens with one attached hydrogen (secondary N) is 2. The number of hydrogen-bond acceptors (Lipinski definition) is 3. The molecule has 1 heterocycles. The van der Waals surface area contributed by atoms with Crippen LogP contribution in [0.4, 0.5) is 10.5 Å².